The number of aliphatic hydroxyl groups is 2. The standard InChI is InChI=1S/C13H18BrNO3/c14-12-3-1-11(2-4-12)13(18)5-6-15(7-9-16)8-10-17/h1-4,16-17H,5-10H2. The number of carbonyl (C=O) groups is 1. The fourth-order valence-corrected chi connectivity index (χ4v) is 1.92. The molecule has 0 radical (unpaired) electrons. The summed E-state index contributed by atoms with van der Waals surface area (Å²) in [5.41, 5.74) is 0.686. The Hall–Kier alpha value is -0.750. The van der Waals surface area contributed by atoms with Crippen molar-refractivity contribution in [2.24, 2.45) is 0 Å². The molecule has 18 heavy (non-hydrogen) atoms. The van der Waals surface area contributed by atoms with Gasteiger partial charge in [0.25, 0.3) is 0 Å². The molecule has 0 bridgehead atoms. The molecule has 0 aromatic heterocycles. The first-order chi connectivity index (χ1) is 8.67. The number of carbonyl (C=O) groups excluding carboxylic acids is 1. The molecule has 1 aromatic rings. The van der Waals surface area contributed by atoms with Crippen molar-refractivity contribution in [1.29, 1.82) is 0 Å². The molecule has 1 aromatic carbocycles. The number of benzene rings is 1. The molecule has 0 aliphatic rings. The highest BCUT2D eigenvalue weighted by Gasteiger charge is 2.09. The third-order valence-electron chi connectivity index (χ3n) is 2.65. The zero-order valence-electron chi connectivity index (χ0n) is 10.2. The molecule has 1 rings (SSSR count). The van der Waals surface area contributed by atoms with E-state index in [1.165, 1.54) is 0 Å². The Morgan fingerprint density at radius 2 is 1.61 bits per heavy atom. The van der Waals surface area contributed by atoms with Gasteiger partial charge in [-0.1, -0.05) is 28.1 Å². The maximum absolute atomic E-state index is 11.9. The SMILES string of the molecule is O=C(CCN(CCO)CCO)c1ccc(Br)cc1. The maximum Gasteiger partial charge on any atom is 0.164 e. The Bertz CT molecular complexity index is 361. The average Bonchev–Trinajstić information content (AvgIpc) is 2.37. The zero-order chi connectivity index (χ0) is 13.4. The topological polar surface area (TPSA) is 60.8 Å². The Balaban J connectivity index is 2.46. The second-order valence-corrected chi connectivity index (χ2v) is 4.88. The fraction of sp³-hybridized carbons (Fsp3) is 0.462. The minimum absolute atomic E-state index is 0.0342. The van der Waals surface area contributed by atoms with Crippen LogP contribution in [0.5, 0.6) is 0 Å². The van der Waals surface area contributed by atoms with E-state index in [1.54, 1.807) is 12.1 Å². The van der Waals surface area contributed by atoms with Gasteiger partial charge in [-0.25, -0.2) is 0 Å². The van der Waals surface area contributed by atoms with Crippen LogP contribution >= 0.6 is 15.9 Å². The van der Waals surface area contributed by atoms with Crippen molar-refractivity contribution in [3.8, 4) is 0 Å². The number of hydrogen-bond donors (Lipinski definition) is 2. The summed E-state index contributed by atoms with van der Waals surface area (Å²) in [7, 11) is 0. The highest BCUT2D eigenvalue weighted by Crippen LogP contribution is 2.12. The Morgan fingerprint density at radius 1 is 1.06 bits per heavy atom. The molecule has 0 saturated carbocycles. The third kappa shape index (κ3) is 5.27. The van der Waals surface area contributed by atoms with Crippen LogP contribution in [0.2, 0.25) is 0 Å². The van der Waals surface area contributed by atoms with Gasteiger partial charge in [-0.2, -0.15) is 0 Å². The van der Waals surface area contributed by atoms with Gasteiger partial charge in [-0.3, -0.25) is 9.69 Å². The third-order valence-corrected chi connectivity index (χ3v) is 3.18. The second-order valence-electron chi connectivity index (χ2n) is 3.97. The highest BCUT2D eigenvalue weighted by atomic mass is 79.9. The van der Waals surface area contributed by atoms with Crippen LogP contribution in [0.4, 0.5) is 0 Å². The van der Waals surface area contributed by atoms with Gasteiger partial charge < -0.3 is 10.2 Å². The number of aliphatic hydroxyl groups excluding tert-OH is 2. The molecule has 0 atom stereocenters. The summed E-state index contributed by atoms with van der Waals surface area (Å²) >= 11 is 3.32. The van der Waals surface area contributed by atoms with E-state index in [9.17, 15) is 4.79 Å². The lowest BCUT2D eigenvalue weighted by atomic mass is 10.1. The molecular weight excluding hydrogens is 298 g/mol. The smallest absolute Gasteiger partial charge is 0.164 e. The van der Waals surface area contributed by atoms with E-state index in [2.05, 4.69) is 15.9 Å². The minimum atomic E-state index is 0.0342. The molecule has 0 saturated heterocycles. The van der Waals surface area contributed by atoms with Crippen LogP contribution < -0.4 is 0 Å². The van der Waals surface area contributed by atoms with Crippen LogP contribution in [0.25, 0.3) is 0 Å². The van der Waals surface area contributed by atoms with Crippen LogP contribution in [-0.2, 0) is 0 Å². The lowest BCUT2D eigenvalue weighted by Gasteiger charge is -2.19. The van der Waals surface area contributed by atoms with Gasteiger partial charge in [0.15, 0.2) is 5.78 Å². The van der Waals surface area contributed by atoms with E-state index in [1.807, 2.05) is 17.0 Å². The van der Waals surface area contributed by atoms with Gasteiger partial charge in [-0.05, 0) is 12.1 Å². The van der Waals surface area contributed by atoms with Crippen LogP contribution in [0.3, 0.4) is 0 Å². The molecule has 2 N–H and O–H groups in total. The summed E-state index contributed by atoms with van der Waals surface area (Å²) in [5.74, 6) is 0.0726. The molecule has 4 nitrogen and oxygen atoms in total. The van der Waals surface area contributed by atoms with E-state index >= 15 is 0 Å². The molecule has 100 valence electrons. The fourth-order valence-electron chi connectivity index (χ4n) is 1.66. The van der Waals surface area contributed by atoms with E-state index < -0.39 is 0 Å². The van der Waals surface area contributed by atoms with Crippen LogP contribution in [-0.4, -0.2) is 53.7 Å². The quantitative estimate of drug-likeness (QED) is 0.710. The first kappa shape index (κ1) is 15.3. The summed E-state index contributed by atoms with van der Waals surface area (Å²) in [6, 6.07) is 7.25. The molecule has 0 spiro atoms. The molecule has 0 aliphatic heterocycles. The number of ketones is 1. The molecular formula is C13H18BrNO3. The van der Waals surface area contributed by atoms with Gasteiger partial charge in [0.05, 0.1) is 13.2 Å². The van der Waals surface area contributed by atoms with Crippen molar-refractivity contribution in [1.82, 2.24) is 4.90 Å². The van der Waals surface area contributed by atoms with Gasteiger partial charge in [0, 0.05) is 36.1 Å². The lowest BCUT2D eigenvalue weighted by Crippen LogP contribution is -2.31. The monoisotopic (exact) mass is 315 g/mol. The van der Waals surface area contributed by atoms with Crippen molar-refractivity contribution >= 4 is 21.7 Å². The number of hydrogen-bond acceptors (Lipinski definition) is 4. The van der Waals surface area contributed by atoms with E-state index in [0.29, 0.717) is 31.6 Å². The summed E-state index contributed by atoms with van der Waals surface area (Å²) < 4.78 is 0.946. The van der Waals surface area contributed by atoms with Crippen molar-refractivity contribution in [2.75, 3.05) is 32.8 Å². The van der Waals surface area contributed by atoms with E-state index in [0.717, 1.165) is 4.47 Å². The Morgan fingerprint density at radius 3 is 2.11 bits per heavy atom. The Kier molecular flexibility index (Phi) is 7.12. The van der Waals surface area contributed by atoms with Crippen LogP contribution in [0.15, 0.2) is 28.7 Å². The van der Waals surface area contributed by atoms with Crippen molar-refractivity contribution < 1.29 is 15.0 Å². The van der Waals surface area contributed by atoms with Gasteiger partial charge in [0.2, 0.25) is 0 Å². The van der Waals surface area contributed by atoms with Gasteiger partial charge in [0.1, 0.15) is 0 Å². The lowest BCUT2D eigenvalue weighted by molar-refractivity contribution is 0.0947. The summed E-state index contributed by atoms with van der Waals surface area (Å²) in [6.07, 6.45) is 0.391. The molecule has 0 aliphatic carbocycles. The van der Waals surface area contributed by atoms with Crippen molar-refractivity contribution in [3.05, 3.63) is 34.3 Å². The number of nitrogens with zero attached hydrogens (tertiary/aromatic N) is 1. The normalized spacial score (nSPS) is 10.9. The van der Waals surface area contributed by atoms with Crippen molar-refractivity contribution in [3.63, 3.8) is 0 Å². The first-order valence-electron chi connectivity index (χ1n) is 5.90. The number of rotatable bonds is 8. The zero-order valence-corrected chi connectivity index (χ0v) is 11.8. The summed E-state index contributed by atoms with van der Waals surface area (Å²) in [4.78, 5) is 13.8. The van der Waals surface area contributed by atoms with Crippen LogP contribution in [0, 0.1) is 0 Å². The molecule has 0 amide bonds. The van der Waals surface area contributed by atoms with E-state index in [-0.39, 0.29) is 19.0 Å². The number of halogens is 1. The second kappa shape index (κ2) is 8.37. The molecule has 0 unspecified atom stereocenters. The van der Waals surface area contributed by atoms with Crippen molar-refractivity contribution in [2.45, 2.75) is 6.42 Å². The summed E-state index contributed by atoms with van der Waals surface area (Å²) in [6.45, 7) is 1.58. The van der Waals surface area contributed by atoms with E-state index in [4.69, 9.17) is 10.2 Å². The predicted molar refractivity (Wildman–Crippen MR) is 73.7 cm³/mol. The highest BCUT2D eigenvalue weighted by molar-refractivity contribution is 9.10. The first-order valence-corrected chi connectivity index (χ1v) is 6.69. The Labute approximate surface area is 115 Å². The minimum Gasteiger partial charge on any atom is -0.395 e. The average molecular weight is 316 g/mol. The predicted octanol–water partition coefficient (Wildman–Crippen LogP) is 1.31. The molecule has 0 heterocycles. The number of Topliss-reactive ketones (excluding diaryl/α,β-unsaturated/α-hetero) is 1. The van der Waals surface area contributed by atoms with Gasteiger partial charge >= 0.3 is 0 Å². The molecule has 0 fully saturated rings. The van der Waals surface area contributed by atoms with Gasteiger partial charge in [-0.15, -0.1) is 0 Å². The molecule has 5 heteroatoms. The largest absolute Gasteiger partial charge is 0.395 e. The summed E-state index contributed by atoms with van der Waals surface area (Å²) in [5, 5.41) is 17.7. The maximum atomic E-state index is 11.9. The van der Waals surface area contributed by atoms with Crippen LogP contribution in [0.1, 0.15) is 16.8 Å².